The average molecular weight is 477 g/mol. The van der Waals surface area contributed by atoms with Gasteiger partial charge in [-0.25, -0.2) is 4.98 Å². The number of thiocarbonyl (C=S) groups is 1. The lowest BCUT2D eigenvalue weighted by Crippen LogP contribution is -2.43. The van der Waals surface area contributed by atoms with Crippen molar-refractivity contribution < 1.29 is 4.79 Å². The van der Waals surface area contributed by atoms with E-state index in [0.29, 0.717) is 11.6 Å². The summed E-state index contributed by atoms with van der Waals surface area (Å²) in [6.07, 6.45) is 6.03. The zero-order chi connectivity index (χ0) is 23.0. The zero-order valence-electron chi connectivity index (χ0n) is 18.7. The fraction of sp³-hybridized carbons (Fsp3) is 0.269. The van der Waals surface area contributed by atoms with E-state index in [0.717, 1.165) is 59.4 Å². The molecule has 0 radical (unpaired) electrons. The topological polar surface area (TPSA) is 57.3 Å². The summed E-state index contributed by atoms with van der Waals surface area (Å²) in [5, 5.41) is 10.0. The van der Waals surface area contributed by atoms with E-state index in [9.17, 15) is 4.79 Å². The van der Waals surface area contributed by atoms with Gasteiger partial charge in [0.05, 0.1) is 5.01 Å². The lowest BCUT2D eigenvalue weighted by molar-refractivity contribution is 0.102. The molecule has 7 heteroatoms. The number of likely N-dealkylation sites (tertiary alicyclic amines) is 1. The van der Waals surface area contributed by atoms with E-state index >= 15 is 0 Å². The number of benzene rings is 2. The molecule has 3 aromatic rings. The average Bonchev–Trinajstić information content (AvgIpc) is 3.36. The molecule has 4 rings (SSSR count). The Labute approximate surface area is 204 Å². The van der Waals surface area contributed by atoms with Gasteiger partial charge in [0.2, 0.25) is 0 Å². The summed E-state index contributed by atoms with van der Waals surface area (Å²) in [6, 6.07) is 17.9. The molecule has 2 aromatic carbocycles. The van der Waals surface area contributed by atoms with Crippen molar-refractivity contribution in [1.29, 1.82) is 0 Å². The minimum absolute atomic E-state index is 0.173. The normalized spacial score (nSPS) is 14.4. The number of rotatable bonds is 6. The van der Waals surface area contributed by atoms with Crippen molar-refractivity contribution in [3.05, 3.63) is 82.8 Å². The molecule has 1 saturated heterocycles. The van der Waals surface area contributed by atoms with E-state index in [1.165, 1.54) is 0 Å². The second-order valence-electron chi connectivity index (χ2n) is 7.95. The molecule has 5 nitrogen and oxygen atoms in total. The van der Waals surface area contributed by atoms with E-state index in [2.05, 4.69) is 21.6 Å². The maximum absolute atomic E-state index is 13.0. The van der Waals surface area contributed by atoms with Crippen LogP contribution in [0.4, 0.5) is 5.69 Å². The minimum atomic E-state index is -0.173. The van der Waals surface area contributed by atoms with Gasteiger partial charge in [-0.15, -0.1) is 11.3 Å². The lowest BCUT2D eigenvalue weighted by Gasteiger charge is -2.33. The molecule has 33 heavy (non-hydrogen) atoms. The highest BCUT2D eigenvalue weighted by Crippen LogP contribution is 2.31. The fourth-order valence-electron chi connectivity index (χ4n) is 3.93. The van der Waals surface area contributed by atoms with Crippen molar-refractivity contribution in [2.45, 2.75) is 25.7 Å². The van der Waals surface area contributed by atoms with Gasteiger partial charge in [0.15, 0.2) is 5.11 Å². The van der Waals surface area contributed by atoms with Crippen LogP contribution in [0.5, 0.6) is 0 Å². The standard InChI is InChI=1S/C26H28N4OS2/c1-2-3-15-27-26(32)30-16-13-20(14-17-30)25-29-23(18-33-25)24(31)28-22-12-8-7-11-21(22)19-9-5-4-6-10-19/h2-12,18,20H,13-17H2,1H3,(H,27,32)(H,28,31)/b3-2+. The number of anilines is 1. The molecule has 0 atom stereocenters. The molecular weight excluding hydrogens is 448 g/mol. The second kappa shape index (κ2) is 11.2. The molecule has 1 aliphatic heterocycles. The maximum atomic E-state index is 13.0. The number of piperidine rings is 1. The highest BCUT2D eigenvalue weighted by Gasteiger charge is 2.25. The molecule has 0 bridgehead atoms. The van der Waals surface area contributed by atoms with E-state index in [1.54, 1.807) is 11.3 Å². The Morgan fingerprint density at radius 1 is 1.15 bits per heavy atom. The molecule has 0 saturated carbocycles. The smallest absolute Gasteiger partial charge is 0.275 e. The summed E-state index contributed by atoms with van der Waals surface area (Å²) >= 11 is 7.08. The number of para-hydroxylation sites is 1. The highest BCUT2D eigenvalue weighted by molar-refractivity contribution is 7.80. The first-order chi connectivity index (χ1) is 16.2. The molecule has 1 aromatic heterocycles. The highest BCUT2D eigenvalue weighted by atomic mass is 32.1. The number of amides is 1. The summed E-state index contributed by atoms with van der Waals surface area (Å²) in [6.45, 7) is 4.56. The van der Waals surface area contributed by atoms with Crippen molar-refractivity contribution in [2.75, 3.05) is 25.0 Å². The Kier molecular flexibility index (Phi) is 7.86. The summed E-state index contributed by atoms with van der Waals surface area (Å²) in [4.78, 5) is 19.9. The first-order valence-electron chi connectivity index (χ1n) is 11.2. The van der Waals surface area contributed by atoms with Gasteiger partial charge in [-0.05, 0) is 43.6 Å². The molecule has 2 N–H and O–H groups in total. The van der Waals surface area contributed by atoms with Gasteiger partial charge in [-0.1, -0.05) is 60.7 Å². The summed E-state index contributed by atoms with van der Waals surface area (Å²) in [7, 11) is 0. The predicted molar refractivity (Wildman–Crippen MR) is 141 cm³/mol. The summed E-state index contributed by atoms with van der Waals surface area (Å²) < 4.78 is 0. The van der Waals surface area contributed by atoms with E-state index in [4.69, 9.17) is 17.2 Å². The molecule has 1 aliphatic rings. The molecule has 170 valence electrons. The van der Waals surface area contributed by atoms with Crippen LogP contribution in [-0.4, -0.2) is 40.5 Å². The van der Waals surface area contributed by atoms with E-state index < -0.39 is 0 Å². The van der Waals surface area contributed by atoms with Gasteiger partial charge in [-0.3, -0.25) is 4.79 Å². The summed E-state index contributed by atoms with van der Waals surface area (Å²) in [5.74, 6) is 0.190. The molecule has 2 heterocycles. The van der Waals surface area contributed by atoms with E-state index in [1.807, 2.05) is 73.0 Å². The quantitative estimate of drug-likeness (QED) is 0.353. The second-order valence-corrected chi connectivity index (χ2v) is 9.23. The Morgan fingerprint density at radius 2 is 1.88 bits per heavy atom. The first-order valence-corrected chi connectivity index (χ1v) is 12.5. The number of hydrogen-bond donors (Lipinski definition) is 2. The third-order valence-electron chi connectivity index (χ3n) is 5.75. The maximum Gasteiger partial charge on any atom is 0.275 e. The number of allylic oxidation sites excluding steroid dienone is 1. The Hall–Kier alpha value is -3.03. The zero-order valence-corrected chi connectivity index (χ0v) is 20.3. The van der Waals surface area contributed by atoms with Gasteiger partial charge < -0.3 is 15.5 Å². The number of carbonyl (C=O) groups excluding carboxylic acids is 1. The Morgan fingerprint density at radius 3 is 2.64 bits per heavy atom. The van der Waals surface area contributed by atoms with Gasteiger partial charge in [0.25, 0.3) is 5.91 Å². The minimum Gasteiger partial charge on any atom is -0.359 e. The number of nitrogens with one attached hydrogen (secondary N) is 2. The van der Waals surface area contributed by atoms with Crippen LogP contribution >= 0.6 is 23.6 Å². The molecule has 0 spiro atoms. The number of hydrogen-bond acceptors (Lipinski definition) is 4. The van der Waals surface area contributed by atoms with Crippen LogP contribution in [0.1, 0.15) is 41.2 Å². The van der Waals surface area contributed by atoms with Crippen LogP contribution in [0.2, 0.25) is 0 Å². The van der Waals surface area contributed by atoms with Crippen LogP contribution in [0.3, 0.4) is 0 Å². The Balaban J connectivity index is 1.37. The Bertz CT molecular complexity index is 1120. The largest absolute Gasteiger partial charge is 0.359 e. The third kappa shape index (κ3) is 5.86. The van der Waals surface area contributed by atoms with Gasteiger partial charge in [-0.2, -0.15) is 0 Å². The van der Waals surface area contributed by atoms with Gasteiger partial charge >= 0.3 is 0 Å². The van der Waals surface area contributed by atoms with E-state index in [-0.39, 0.29) is 5.91 Å². The lowest BCUT2D eigenvalue weighted by atomic mass is 9.98. The van der Waals surface area contributed by atoms with Crippen molar-refractivity contribution in [3.8, 4) is 11.1 Å². The van der Waals surface area contributed by atoms with Crippen molar-refractivity contribution in [3.63, 3.8) is 0 Å². The molecular formula is C26H28N4OS2. The molecule has 1 fully saturated rings. The number of thiazole rings is 1. The van der Waals surface area contributed by atoms with Crippen LogP contribution < -0.4 is 10.6 Å². The van der Waals surface area contributed by atoms with Gasteiger partial charge in [0.1, 0.15) is 5.69 Å². The predicted octanol–water partition coefficient (Wildman–Crippen LogP) is 5.69. The molecule has 1 amide bonds. The SMILES string of the molecule is C/C=C/CNC(=S)N1CCC(c2nc(C(=O)Nc3ccccc3-c3ccccc3)cs2)CC1. The van der Waals surface area contributed by atoms with Crippen molar-refractivity contribution in [2.24, 2.45) is 0 Å². The van der Waals surface area contributed by atoms with Gasteiger partial charge in [0, 0.05) is 42.2 Å². The van der Waals surface area contributed by atoms with Crippen molar-refractivity contribution >= 4 is 40.3 Å². The van der Waals surface area contributed by atoms with Crippen LogP contribution in [-0.2, 0) is 0 Å². The first kappa shape index (κ1) is 23.1. The molecule has 0 aliphatic carbocycles. The summed E-state index contributed by atoms with van der Waals surface area (Å²) in [5.41, 5.74) is 3.32. The molecule has 0 unspecified atom stereocenters. The monoisotopic (exact) mass is 476 g/mol. The number of aromatic nitrogens is 1. The van der Waals surface area contributed by atoms with Crippen LogP contribution in [0, 0.1) is 0 Å². The number of carbonyl (C=O) groups is 1. The fourth-order valence-corrected chi connectivity index (χ4v) is 5.17. The number of nitrogens with zero attached hydrogens (tertiary/aromatic N) is 2. The van der Waals surface area contributed by atoms with Crippen LogP contribution in [0.15, 0.2) is 72.1 Å². The van der Waals surface area contributed by atoms with Crippen LogP contribution in [0.25, 0.3) is 11.1 Å². The third-order valence-corrected chi connectivity index (χ3v) is 7.16. The van der Waals surface area contributed by atoms with Crippen molar-refractivity contribution in [1.82, 2.24) is 15.2 Å².